The molecule has 0 bridgehead atoms. The van der Waals surface area contributed by atoms with Crippen LogP contribution in [-0.2, 0) is 14.3 Å². The molecule has 2 atom stereocenters. The minimum atomic E-state index is -0.416. The topological polar surface area (TPSA) is 38.8 Å². The molecule has 1 aromatic rings. The first kappa shape index (κ1) is 17.5. The van der Waals surface area contributed by atoms with Crippen LogP contribution in [0.5, 0.6) is 0 Å². The summed E-state index contributed by atoms with van der Waals surface area (Å²) in [6.45, 7) is 7.58. The molecule has 0 aliphatic carbocycles. The van der Waals surface area contributed by atoms with Gasteiger partial charge in [0.1, 0.15) is 0 Å². The molecule has 0 spiro atoms. The van der Waals surface area contributed by atoms with E-state index >= 15 is 0 Å². The van der Waals surface area contributed by atoms with Crippen molar-refractivity contribution < 1.29 is 14.3 Å². The van der Waals surface area contributed by atoms with Crippen molar-refractivity contribution in [3.8, 4) is 0 Å². The third-order valence-electron chi connectivity index (χ3n) is 4.02. The lowest BCUT2D eigenvalue weighted by Crippen LogP contribution is -2.52. The van der Waals surface area contributed by atoms with E-state index in [0.717, 1.165) is 24.1 Å². The Labute approximate surface area is 139 Å². The third kappa shape index (κ3) is 4.14. The van der Waals surface area contributed by atoms with Crippen LogP contribution in [0.3, 0.4) is 0 Å². The number of esters is 1. The quantitative estimate of drug-likeness (QED) is 0.686. The molecule has 0 N–H and O–H groups in total. The average molecular weight is 317 g/mol. The second-order valence-electron chi connectivity index (χ2n) is 5.59. The van der Waals surface area contributed by atoms with Crippen molar-refractivity contribution in [1.82, 2.24) is 0 Å². The zero-order valence-electron chi connectivity index (χ0n) is 14.3. The van der Waals surface area contributed by atoms with Crippen molar-refractivity contribution in [2.75, 3.05) is 24.7 Å². The molecule has 1 aromatic carbocycles. The van der Waals surface area contributed by atoms with E-state index < -0.39 is 6.04 Å². The molecule has 1 heterocycles. The highest BCUT2D eigenvalue weighted by Gasteiger charge is 2.36. The minimum Gasteiger partial charge on any atom is -0.464 e. The van der Waals surface area contributed by atoms with Gasteiger partial charge in [-0.25, -0.2) is 4.79 Å². The van der Waals surface area contributed by atoms with Crippen molar-refractivity contribution in [2.24, 2.45) is 0 Å². The number of fused-ring (bicyclic) bond motifs is 1. The number of hydrogen-bond donors (Lipinski definition) is 0. The van der Waals surface area contributed by atoms with Gasteiger partial charge in [-0.2, -0.15) is 0 Å². The normalized spacial score (nSPS) is 15.9. The van der Waals surface area contributed by atoms with Crippen molar-refractivity contribution >= 4 is 17.7 Å². The summed E-state index contributed by atoms with van der Waals surface area (Å²) in [5, 5.41) is 0. The Morgan fingerprint density at radius 3 is 2.70 bits per heavy atom. The van der Waals surface area contributed by atoms with Crippen molar-refractivity contribution in [3.63, 3.8) is 0 Å². The molecule has 1 aliphatic heterocycles. The van der Waals surface area contributed by atoms with E-state index in [0.29, 0.717) is 19.8 Å². The molecule has 4 nitrogen and oxygen atoms in total. The predicted molar refractivity (Wildman–Crippen MR) is 93.6 cm³/mol. The maximum absolute atomic E-state index is 12.7. The fourth-order valence-electron chi connectivity index (χ4n) is 3.08. The number of nitrogens with zero attached hydrogens (tertiary/aromatic N) is 1. The molecule has 0 amide bonds. The van der Waals surface area contributed by atoms with Crippen LogP contribution in [0, 0.1) is 0 Å². The lowest BCUT2D eigenvalue weighted by Gasteiger charge is -2.38. The van der Waals surface area contributed by atoms with Crippen LogP contribution in [0.2, 0.25) is 0 Å². The molecule has 0 fully saturated rings. The number of rotatable bonds is 8. The summed E-state index contributed by atoms with van der Waals surface area (Å²) in [4.78, 5) is 14.8. The Morgan fingerprint density at radius 1 is 1.22 bits per heavy atom. The molecule has 0 saturated heterocycles. The van der Waals surface area contributed by atoms with Crippen LogP contribution in [0.25, 0.3) is 6.08 Å². The van der Waals surface area contributed by atoms with E-state index in [9.17, 15) is 4.79 Å². The largest absolute Gasteiger partial charge is 0.464 e. The number of para-hydroxylation sites is 1. The summed E-state index contributed by atoms with van der Waals surface area (Å²) >= 11 is 0. The van der Waals surface area contributed by atoms with Crippen LogP contribution in [0.15, 0.2) is 30.3 Å². The molecule has 0 radical (unpaired) electrons. The van der Waals surface area contributed by atoms with Gasteiger partial charge in [0.05, 0.1) is 12.7 Å². The van der Waals surface area contributed by atoms with Gasteiger partial charge in [-0.15, -0.1) is 0 Å². The van der Waals surface area contributed by atoms with Crippen LogP contribution in [0.4, 0.5) is 5.69 Å². The summed E-state index contributed by atoms with van der Waals surface area (Å²) < 4.78 is 11.3. The van der Waals surface area contributed by atoms with Gasteiger partial charge >= 0.3 is 5.97 Å². The van der Waals surface area contributed by atoms with Gasteiger partial charge in [0.2, 0.25) is 0 Å². The van der Waals surface area contributed by atoms with Gasteiger partial charge in [0.15, 0.2) is 6.04 Å². The number of hydrogen-bond acceptors (Lipinski definition) is 4. The first-order valence-corrected chi connectivity index (χ1v) is 8.53. The molecule has 2 unspecified atom stereocenters. The number of carbonyl (C=O) groups is 1. The van der Waals surface area contributed by atoms with Crippen molar-refractivity contribution in [1.29, 1.82) is 0 Å². The lowest BCUT2D eigenvalue weighted by atomic mass is 10.00. The maximum atomic E-state index is 12.7. The standard InChI is InChI=1S/C19H27NO3/c1-4-10-17(22-5-2)18(19(21)23-6-3)20-14-9-12-15-11-7-8-13-16(15)20/h7-9,11-13,17-18H,4-6,10,14H2,1-3H3. The number of carbonyl (C=O) groups excluding carboxylic acids is 1. The molecular formula is C19H27NO3. The van der Waals surface area contributed by atoms with Gasteiger partial charge in [-0.1, -0.05) is 43.7 Å². The Hall–Kier alpha value is -1.81. The second kappa shape index (κ2) is 8.73. The maximum Gasteiger partial charge on any atom is 0.331 e. The highest BCUT2D eigenvalue weighted by molar-refractivity contribution is 5.84. The van der Waals surface area contributed by atoms with E-state index in [2.05, 4.69) is 36.1 Å². The van der Waals surface area contributed by atoms with Crippen LogP contribution in [0.1, 0.15) is 39.2 Å². The molecule has 23 heavy (non-hydrogen) atoms. The second-order valence-corrected chi connectivity index (χ2v) is 5.59. The average Bonchev–Trinajstić information content (AvgIpc) is 2.56. The molecule has 0 aromatic heterocycles. The summed E-state index contributed by atoms with van der Waals surface area (Å²) in [7, 11) is 0. The first-order valence-electron chi connectivity index (χ1n) is 8.53. The van der Waals surface area contributed by atoms with Gasteiger partial charge < -0.3 is 14.4 Å². The summed E-state index contributed by atoms with van der Waals surface area (Å²) in [5.74, 6) is -0.204. The van der Waals surface area contributed by atoms with Crippen LogP contribution < -0.4 is 4.90 Å². The summed E-state index contributed by atoms with van der Waals surface area (Å²) in [6, 6.07) is 7.72. The molecule has 1 aliphatic rings. The van der Waals surface area contributed by atoms with Gasteiger partial charge in [-0.05, 0) is 31.9 Å². The summed E-state index contributed by atoms with van der Waals surface area (Å²) in [5.41, 5.74) is 2.19. The SMILES string of the molecule is CCCC(OCC)C(C(=O)OCC)N1CC=Cc2ccccc21. The Bertz CT molecular complexity index is 535. The van der Waals surface area contributed by atoms with Crippen molar-refractivity contribution in [3.05, 3.63) is 35.9 Å². The van der Waals surface area contributed by atoms with Gasteiger partial charge in [0, 0.05) is 18.8 Å². The zero-order valence-corrected chi connectivity index (χ0v) is 14.3. The Balaban J connectivity index is 2.36. The van der Waals surface area contributed by atoms with Crippen LogP contribution >= 0.6 is 0 Å². The number of ether oxygens (including phenoxy) is 2. The molecule has 4 heteroatoms. The monoisotopic (exact) mass is 317 g/mol. The molecule has 0 saturated carbocycles. The summed E-state index contributed by atoms with van der Waals surface area (Å²) in [6.07, 6.45) is 5.82. The fraction of sp³-hybridized carbons (Fsp3) is 0.526. The highest BCUT2D eigenvalue weighted by Crippen LogP contribution is 2.30. The smallest absolute Gasteiger partial charge is 0.331 e. The van der Waals surface area contributed by atoms with Crippen LogP contribution in [-0.4, -0.2) is 37.9 Å². The number of anilines is 1. The third-order valence-corrected chi connectivity index (χ3v) is 4.02. The predicted octanol–water partition coefficient (Wildman–Crippen LogP) is 3.66. The number of benzene rings is 1. The minimum absolute atomic E-state index is 0.163. The van der Waals surface area contributed by atoms with Crippen molar-refractivity contribution in [2.45, 2.75) is 45.8 Å². The first-order chi connectivity index (χ1) is 11.2. The van der Waals surface area contributed by atoms with E-state index in [4.69, 9.17) is 9.47 Å². The zero-order chi connectivity index (χ0) is 16.7. The van der Waals surface area contributed by atoms with E-state index in [1.54, 1.807) is 0 Å². The van der Waals surface area contributed by atoms with E-state index in [1.807, 2.05) is 26.0 Å². The van der Waals surface area contributed by atoms with Gasteiger partial charge in [0.25, 0.3) is 0 Å². The Kier molecular flexibility index (Phi) is 6.66. The molecule has 2 rings (SSSR count). The molecular weight excluding hydrogens is 290 g/mol. The lowest BCUT2D eigenvalue weighted by molar-refractivity contribution is -0.148. The Morgan fingerprint density at radius 2 is 2.00 bits per heavy atom. The van der Waals surface area contributed by atoms with E-state index in [1.165, 1.54) is 0 Å². The van der Waals surface area contributed by atoms with Gasteiger partial charge in [-0.3, -0.25) is 0 Å². The molecule has 126 valence electrons. The highest BCUT2D eigenvalue weighted by atomic mass is 16.5. The fourth-order valence-corrected chi connectivity index (χ4v) is 3.08. The van der Waals surface area contributed by atoms with E-state index in [-0.39, 0.29) is 12.1 Å².